The molecule has 9 heteroatoms. The monoisotopic (exact) mass is 579 g/mol. The lowest BCUT2D eigenvalue weighted by molar-refractivity contribution is -0.139. The van der Waals surface area contributed by atoms with E-state index in [0.29, 0.717) is 24.3 Å². The number of ether oxygens (including phenoxy) is 2. The van der Waals surface area contributed by atoms with Crippen LogP contribution in [0.25, 0.3) is 6.08 Å². The molecule has 2 aromatic carbocycles. The molecule has 220 valence electrons. The van der Waals surface area contributed by atoms with Crippen LogP contribution in [-0.2, 0) is 26.4 Å². The fourth-order valence-electron chi connectivity index (χ4n) is 4.76. The molecule has 1 unspecified atom stereocenters. The number of hydrogen-bond acceptors (Lipinski definition) is 5. The Kier molecular flexibility index (Phi) is 9.68. The summed E-state index contributed by atoms with van der Waals surface area (Å²) >= 11 is 0. The molecule has 40 heavy (non-hydrogen) atoms. The molecule has 0 aromatic heterocycles. The molecule has 0 N–H and O–H groups in total. The van der Waals surface area contributed by atoms with Gasteiger partial charge >= 0.3 is 6.18 Å². The highest BCUT2D eigenvalue weighted by molar-refractivity contribution is 7.62. The Labute approximate surface area is 236 Å². The number of halogens is 3. The molecule has 0 radical (unpaired) electrons. The standard InChI is InChI=1S/C31H41F3NO4P/c1-23-35-30(21-38-23,22-39-40(36,28(2,3)4)29(5,6)7)18-17-25-15-16-27(26(20-25)31(32,33)34)37-19-11-14-24-12-9-8-10-13-24/h8-10,12-13,15-18,20H,11,14,19,21-22H2,1-7H3/b18-17+. The van der Waals surface area contributed by atoms with Crippen molar-refractivity contribution in [1.82, 2.24) is 0 Å². The summed E-state index contributed by atoms with van der Waals surface area (Å²) in [5, 5.41) is -1.24. The van der Waals surface area contributed by atoms with Crippen LogP contribution in [0.1, 0.15) is 71.6 Å². The van der Waals surface area contributed by atoms with Gasteiger partial charge in [0.2, 0.25) is 7.37 Å². The molecule has 0 bridgehead atoms. The fraction of sp³-hybridized carbons (Fsp3) is 0.516. The van der Waals surface area contributed by atoms with Crippen molar-refractivity contribution in [2.24, 2.45) is 4.99 Å². The van der Waals surface area contributed by atoms with Crippen LogP contribution in [0, 0.1) is 0 Å². The maximum absolute atomic E-state index is 14.0. The summed E-state index contributed by atoms with van der Waals surface area (Å²) in [5.41, 5.74) is -0.415. The van der Waals surface area contributed by atoms with E-state index in [1.165, 1.54) is 6.07 Å². The van der Waals surface area contributed by atoms with Crippen molar-refractivity contribution >= 4 is 19.3 Å². The van der Waals surface area contributed by atoms with Gasteiger partial charge in [0.05, 0.1) is 18.8 Å². The van der Waals surface area contributed by atoms with Gasteiger partial charge in [0.25, 0.3) is 0 Å². The van der Waals surface area contributed by atoms with Gasteiger partial charge in [-0.1, -0.05) is 90.1 Å². The molecule has 1 heterocycles. The zero-order valence-corrected chi connectivity index (χ0v) is 25.4. The Bertz CT molecular complexity index is 1240. The normalized spacial score (nSPS) is 18.6. The molecule has 2 aromatic rings. The molecule has 5 nitrogen and oxygen atoms in total. The summed E-state index contributed by atoms with van der Waals surface area (Å²) in [6.45, 7) is 13.3. The minimum Gasteiger partial charge on any atom is -0.493 e. The van der Waals surface area contributed by atoms with Gasteiger partial charge < -0.3 is 14.0 Å². The lowest BCUT2D eigenvalue weighted by Gasteiger charge is -2.41. The molecule has 1 atom stereocenters. The van der Waals surface area contributed by atoms with Gasteiger partial charge in [-0.3, -0.25) is 4.57 Å². The lowest BCUT2D eigenvalue weighted by Crippen LogP contribution is -2.36. The third-order valence-electron chi connectivity index (χ3n) is 6.78. The van der Waals surface area contributed by atoms with Gasteiger partial charge in [-0.15, -0.1) is 0 Å². The number of benzene rings is 2. The van der Waals surface area contributed by atoms with E-state index < -0.39 is 35.0 Å². The van der Waals surface area contributed by atoms with E-state index in [4.69, 9.17) is 14.0 Å². The van der Waals surface area contributed by atoms with Crippen molar-refractivity contribution < 1.29 is 31.7 Å². The molecule has 3 rings (SSSR count). The first kappa shape index (κ1) is 32.0. The first-order chi connectivity index (χ1) is 18.5. The summed E-state index contributed by atoms with van der Waals surface area (Å²) in [5.74, 6) is 0.231. The van der Waals surface area contributed by atoms with Crippen molar-refractivity contribution in [3.8, 4) is 5.75 Å². The predicted molar refractivity (Wildman–Crippen MR) is 156 cm³/mol. The van der Waals surface area contributed by atoms with Crippen LogP contribution < -0.4 is 4.74 Å². The number of rotatable bonds is 10. The Morgan fingerprint density at radius 3 is 2.23 bits per heavy atom. The van der Waals surface area contributed by atoms with Gasteiger partial charge in [-0.2, -0.15) is 13.2 Å². The number of alkyl halides is 3. The van der Waals surface area contributed by atoms with Crippen LogP contribution in [0.4, 0.5) is 13.2 Å². The van der Waals surface area contributed by atoms with Crippen LogP contribution in [0.2, 0.25) is 0 Å². The SMILES string of the molecule is CC1=NC(/C=C/c2ccc(OCCCc3ccccc3)c(C(F)(F)F)c2)(COP(=O)(C(C)(C)C)C(C)(C)C)CO1. The number of nitrogens with zero attached hydrogens (tertiary/aromatic N) is 1. The quantitative estimate of drug-likeness (QED) is 0.209. The highest BCUT2D eigenvalue weighted by Crippen LogP contribution is 2.67. The van der Waals surface area contributed by atoms with Crippen LogP contribution >= 0.6 is 7.37 Å². The van der Waals surface area contributed by atoms with Crippen LogP contribution in [0.3, 0.4) is 0 Å². The van der Waals surface area contributed by atoms with Crippen LogP contribution in [0.15, 0.2) is 59.6 Å². The average molecular weight is 580 g/mol. The largest absolute Gasteiger partial charge is 0.493 e. The first-order valence-corrected chi connectivity index (χ1v) is 15.1. The van der Waals surface area contributed by atoms with E-state index in [1.54, 1.807) is 25.1 Å². The van der Waals surface area contributed by atoms with Gasteiger partial charge in [0.1, 0.15) is 17.9 Å². The maximum atomic E-state index is 14.0. The van der Waals surface area contributed by atoms with E-state index in [2.05, 4.69) is 4.99 Å². The van der Waals surface area contributed by atoms with Crippen LogP contribution in [-0.4, -0.2) is 41.6 Å². The van der Waals surface area contributed by atoms with E-state index >= 15 is 0 Å². The number of aryl methyl sites for hydroxylation is 1. The molecule has 0 saturated heterocycles. The Balaban J connectivity index is 1.80. The molecule has 0 spiro atoms. The zero-order valence-electron chi connectivity index (χ0n) is 24.5. The number of hydrogen-bond donors (Lipinski definition) is 0. The molecule has 1 aliphatic rings. The molecule has 0 aliphatic carbocycles. The summed E-state index contributed by atoms with van der Waals surface area (Å²) < 4.78 is 73.2. The maximum Gasteiger partial charge on any atom is 0.419 e. The Hall–Kier alpha value is -2.57. The molecule has 0 saturated carbocycles. The van der Waals surface area contributed by atoms with Crippen molar-refractivity contribution in [3.63, 3.8) is 0 Å². The topological polar surface area (TPSA) is 57.1 Å². The summed E-state index contributed by atoms with van der Waals surface area (Å²) in [7, 11) is -3.19. The molecule has 0 fully saturated rings. The first-order valence-electron chi connectivity index (χ1n) is 13.5. The third-order valence-corrected chi connectivity index (χ3v) is 10.8. The van der Waals surface area contributed by atoms with Gasteiger partial charge in [0.15, 0.2) is 5.90 Å². The molecule has 0 amide bonds. The third kappa shape index (κ3) is 7.79. The smallest absolute Gasteiger partial charge is 0.419 e. The van der Waals surface area contributed by atoms with E-state index in [0.717, 1.165) is 11.6 Å². The second-order valence-electron chi connectivity index (χ2n) is 12.2. The van der Waals surface area contributed by atoms with Crippen molar-refractivity contribution in [2.75, 3.05) is 19.8 Å². The van der Waals surface area contributed by atoms with Crippen molar-refractivity contribution in [1.29, 1.82) is 0 Å². The summed E-state index contributed by atoms with van der Waals surface area (Å²) in [4.78, 5) is 4.58. The zero-order chi connectivity index (χ0) is 29.8. The summed E-state index contributed by atoms with van der Waals surface area (Å²) in [6.07, 6.45) is -0.0313. The molecular formula is C31H41F3NO4P. The second-order valence-corrected chi connectivity index (χ2v) is 16.3. The number of aliphatic imine (C=N–C) groups is 1. The predicted octanol–water partition coefficient (Wildman–Crippen LogP) is 8.81. The Morgan fingerprint density at radius 2 is 1.68 bits per heavy atom. The van der Waals surface area contributed by atoms with E-state index in [9.17, 15) is 17.7 Å². The summed E-state index contributed by atoms with van der Waals surface area (Å²) in [6, 6.07) is 13.7. The van der Waals surface area contributed by atoms with E-state index in [-0.39, 0.29) is 25.6 Å². The average Bonchev–Trinajstić information content (AvgIpc) is 3.24. The highest BCUT2D eigenvalue weighted by Gasteiger charge is 2.49. The van der Waals surface area contributed by atoms with Crippen molar-refractivity contribution in [2.45, 2.75) is 83.3 Å². The molecule has 1 aliphatic heterocycles. The van der Waals surface area contributed by atoms with E-state index in [1.807, 2.05) is 71.9 Å². The fourth-order valence-corrected chi connectivity index (χ4v) is 7.96. The lowest BCUT2D eigenvalue weighted by atomic mass is 10.0. The highest BCUT2D eigenvalue weighted by atomic mass is 31.2. The molecular weight excluding hydrogens is 538 g/mol. The van der Waals surface area contributed by atoms with Gasteiger partial charge in [0, 0.05) is 17.2 Å². The minimum atomic E-state index is -4.59. The van der Waals surface area contributed by atoms with Gasteiger partial charge in [-0.05, 0) is 36.1 Å². The van der Waals surface area contributed by atoms with Crippen molar-refractivity contribution in [3.05, 3.63) is 71.3 Å². The minimum absolute atomic E-state index is 0.0264. The Morgan fingerprint density at radius 1 is 1.02 bits per heavy atom. The second kappa shape index (κ2) is 12.1. The van der Waals surface area contributed by atoms with Crippen LogP contribution in [0.5, 0.6) is 5.75 Å². The van der Waals surface area contributed by atoms with Gasteiger partial charge in [-0.25, -0.2) is 4.99 Å².